The molecule has 3 aromatic carbocycles. The lowest BCUT2D eigenvalue weighted by atomic mass is 9.82. The van der Waals surface area contributed by atoms with Gasteiger partial charge >= 0.3 is 0 Å². The summed E-state index contributed by atoms with van der Waals surface area (Å²) >= 11 is 0. The number of aromatic hydroxyl groups is 1. The molecule has 3 rings (SSSR count). The summed E-state index contributed by atoms with van der Waals surface area (Å²) in [6.07, 6.45) is 1.03. The van der Waals surface area contributed by atoms with Gasteiger partial charge in [0.25, 0.3) is 0 Å². The molecule has 0 saturated heterocycles. The summed E-state index contributed by atoms with van der Waals surface area (Å²) in [5.74, 6) is 0.340. The summed E-state index contributed by atoms with van der Waals surface area (Å²) in [5.41, 5.74) is 4.73. The molecule has 0 unspecified atom stereocenters. The molecule has 3 aromatic rings. The van der Waals surface area contributed by atoms with E-state index in [0.717, 1.165) is 18.5 Å². The maximum Gasteiger partial charge on any atom is 0.120 e. The van der Waals surface area contributed by atoms with Gasteiger partial charge in [-0.1, -0.05) is 94.4 Å². The molecule has 3 heteroatoms. The second-order valence-corrected chi connectivity index (χ2v) is 9.31. The van der Waals surface area contributed by atoms with Crippen LogP contribution in [0, 0.1) is 5.41 Å². The fourth-order valence-electron chi connectivity index (χ4n) is 4.10. The largest absolute Gasteiger partial charge is 0.508 e. The number of hydrogen-bond donors (Lipinski definition) is 3. The highest BCUT2D eigenvalue weighted by atomic mass is 16.3. The summed E-state index contributed by atoms with van der Waals surface area (Å²) < 4.78 is 0. The first-order valence-corrected chi connectivity index (χ1v) is 11.3. The third kappa shape index (κ3) is 6.43. The van der Waals surface area contributed by atoms with E-state index >= 15 is 0 Å². The Bertz CT molecular complexity index is 932. The van der Waals surface area contributed by atoms with Crippen molar-refractivity contribution in [2.75, 3.05) is 0 Å². The van der Waals surface area contributed by atoms with E-state index in [9.17, 15) is 5.11 Å². The van der Waals surface area contributed by atoms with Crippen molar-refractivity contribution in [2.45, 2.75) is 59.3 Å². The maximum atomic E-state index is 10.5. The molecule has 0 fully saturated rings. The molecule has 31 heavy (non-hydrogen) atoms. The van der Waals surface area contributed by atoms with Crippen molar-refractivity contribution >= 4 is 0 Å². The average Bonchev–Trinajstić information content (AvgIpc) is 2.77. The number of benzene rings is 3. The normalized spacial score (nSPS) is 13.7. The number of rotatable bonds is 9. The predicted octanol–water partition coefficient (Wildman–Crippen LogP) is 6.51. The zero-order valence-corrected chi connectivity index (χ0v) is 19.2. The van der Waals surface area contributed by atoms with Crippen molar-refractivity contribution in [3.63, 3.8) is 0 Å². The van der Waals surface area contributed by atoms with Crippen LogP contribution >= 0.6 is 0 Å². The molecule has 0 radical (unpaired) electrons. The van der Waals surface area contributed by atoms with Crippen molar-refractivity contribution < 1.29 is 5.11 Å². The second kappa shape index (κ2) is 10.6. The van der Waals surface area contributed by atoms with Crippen molar-refractivity contribution in [1.29, 1.82) is 0 Å². The topological polar surface area (TPSA) is 44.3 Å². The van der Waals surface area contributed by atoms with Gasteiger partial charge in [0, 0.05) is 30.7 Å². The summed E-state index contributed by atoms with van der Waals surface area (Å²) in [5, 5.41) is 17.8. The van der Waals surface area contributed by atoms with E-state index in [2.05, 4.69) is 99.0 Å². The van der Waals surface area contributed by atoms with Crippen LogP contribution < -0.4 is 10.6 Å². The Kier molecular flexibility index (Phi) is 7.89. The summed E-state index contributed by atoms with van der Waals surface area (Å²) in [7, 11) is 0. The van der Waals surface area contributed by atoms with Gasteiger partial charge in [-0.3, -0.25) is 0 Å². The molecule has 0 aliphatic heterocycles. The van der Waals surface area contributed by atoms with Crippen LogP contribution in [-0.2, 0) is 13.1 Å². The van der Waals surface area contributed by atoms with Crippen LogP contribution in [0.25, 0.3) is 0 Å². The fourth-order valence-corrected chi connectivity index (χ4v) is 4.10. The van der Waals surface area contributed by atoms with Crippen LogP contribution in [0.5, 0.6) is 5.75 Å². The van der Waals surface area contributed by atoms with Crippen molar-refractivity contribution in [1.82, 2.24) is 10.6 Å². The number of phenolic OH excluding ortho intramolecular Hbond substituents is 1. The van der Waals surface area contributed by atoms with E-state index in [-0.39, 0.29) is 11.5 Å². The number of hydrogen-bond acceptors (Lipinski definition) is 3. The van der Waals surface area contributed by atoms with Gasteiger partial charge in [0.15, 0.2) is 0 Å². The molecule has 0 spiro atoms. The van der Waals surface area contributed by atoms with Gasteiger partial charge in [-0.2, -0.15) is 0 Å². The smallest absolute Gasteiger partial charge is 0.120 e. The van der Waals surface area contributed by atoms with Crippen molar-refractivity contribution in [3.8, 4) is 5.75 Å². The van der Waals surface area contributed by atoms with E-state index in [1.807, 2.05) is 18.2 Å². The SMILES string of the molecule is CC[C@@H](NCc1ccc(O)c(CN[C@H](c2ccccc2)C(C)(C)C)c1)c1ccccc1. The molecule has 2 atom stereocenters. The minimum absolute atomic E-state index is 0.0557. The Labute approximate surface area is 187 Å². The molecule has 3 N–H and O–H groups in total. The molecule has 0 heterocycles. The van der Waals surface area contributed by atoms with Gasteiger partial charge in [-0.05, 0) is 40.7 Å². The lowest BCUT2D eigenvalue weighted by Crippen LogP contribution is -2.32. The minimum Gasteiger partial charge on any atom is -0.508 e. The van der Waals surface area contributed by atoms with Gasteiger partial charge < -0.3 is 15.7 Å². The van der Waals surface area contributed by atoms with Crippen LogP contribution in [0.4, 0.5) is 0 Å². The Morgan fingerprint density at radius 1 is 0.774 bits per heavy atom. The third-order valence-electron chi connectivity index (χ3n) is 5.80. The summed E-state index contributed by atoms with van der Waals surface area (Å²) in [4.78, 5) is 0. The van der Waals surface area contributed by atoms with Gasteiger partial charge in [-0.25, -0.2) is 0 Å². The van der Waals surface area contributed by atoms with Crippen LogP contribution in [0.15, 0.2) is 78.9 Å². The Balaban J connectivity index is 1.69. The molecule has 0 amide bonds. The molecule has 0 saturated carbocycles. The average molecular weight is 417 g/mol. The van der Waals surface area contributed by atoms with E-state index in [1.54, 1.807) is 0 Å². The second-order valence-electron chi connectivity index (χ2n) is 9.31. The summed E-state index contributed by atoms with van der Waals surface area (Å²) in [6, 6.07) is 27.5. The van der Waals surface area contributed by atoms with Gasteiger partial charge in [0.05, 0.1) is 0 Å². The molecule has 0 aliphatic rings. The van der Waals surface area contributed by atoms with Gasteiger partial charge in [0.1, 0.15) is 5.75 Å². The Morgan fingerprint density at radius 3 is 1.97 bits per heavy atom. The standard InChI is InChI=1S/C28H36N2O/c1-5-25(22-12-8-6-9-13-22)29-19-21-16-17-26(31)24(18-21)20-30-27(28(2,3)4)23-14-10-7-11-15-23/h6-18,25,27,29-31H,5,19-20H2,1-4H3/t25-,27-/m1/s1. The monoisotopic (exact) mass is 416 g/mol. The first-order valence-electron chi connectivity index (χ1n) is 11.3. The molecular weight excluding hydrogens is 380 g/mol. The van der Waals surface area contributed by atoms with Crippen molar-refractivity contribution in [2.24, 2.45) is 5.41 Å². The highest BCUT2D eigenvalue weighted by molar-refractivity contribution is 5.36. The highest BCUT2D eigenvalue weighted by Gasteiger charge is 2.25. The van der Waals surface area contributed by atoms with Crippen LogP contribution in [0.2, 0.25) is 0 Å². The Morgan fingerprint density at radius 2 is 1.39 bits per heavy atom. The quantitative estimate of drug-likeness (QED) is 0.372. The van der Waals surface area contributed by atoms with E-state index in [4.69, 9.17) is 0 Å². The summed E-state index contributed by atoms with van der Waals surface area (Å²) in [6.45, 7) is 10.3. The first kappa shape index (κ1) is 23.1. The zero-order chi connectivity index (χ0) is 22.3. The van der Waals surface area contributed by atoms with Crippen molar-refractivity contribution in [3.05, 3.63) is 101 Å². The molecule has 3 nitrogen and oxygen atoms in total. The third-order valence-corrected chi connectivity index (χ3v) is 5.80. The first-order chi connectivity index (χ1) is 14.9. The van der Waals surface area contributed by atoms with Crippen LogP contribution in [0.3, 0.4) is 0 Å². The molecular formula is C28H36N2O. The van der Waals surface area contributed by atoms with Crippen LogP contribution in [-0.4, -0.2) is 5.11 Å². The molecule has 0 aliphatic carbocycles. The van der Waals surface area contributed by atoms with E-state index in [1.165, 1.54) is 16.7 Å². The Hall–Kier alpha value is -2.62. The van der Waals surface area contributed by atoms with Gasteiger partial charge in [0.2, 0.25) is 0 Å². The highest BCUT2D eigenvalue weighted by Crippen LogP contribution is 2.33. The lowest BCUT2D eigenvalue weighted by molar-refractivity contribution is 0.270. The fraction of sp³-hybridized carbons (Fsp3) is 0.357. The molecule has 164 valence electrons. The van der Waals surface area contributed by atoms with E-state index in [0.29, 0.717) is 18.3 Å². The maximum absolute atomic E-state index is 10.5. The van der Waals surface area contributed by atoms with Crippen LogP contribution in [0.1, 0.15) is 68.5 Å². The predicted molar refractivity (Wildman–Crippen MR) is 130 cm³/mol. The number of phenols is 1. The number of nitrogens with one attached hydrogen (secondary N) is 2. The van der Waals surface area contributed by atoms with E-state index < -0.39 is 0 Å². The molecule has 0 aromatic heterocycles. The van der Waals surface area contributed by atoms with Gasteiger partial charge in [-0.15, -0.1) is 0 Å². The minimum atomic E-state index is 0.0557. The molecule has 0 bridgehead atoms. The lowest BCUT2D eigenvalue weighted by Gasteiger charge is -2.32. The zero-order valence-electron chi connectivity index (χ0n) is 19.2.